The van der Waals surface area contributed by atoms with Crippen LogP contribution in [0.2, 0.25) is 0 Å². The highest BCUT2D eigenvalue weighted by atomic mass is 32.2. The number of rotatable bonds is 24. The first-order chi connectivity index (χ1) is 59.4. The molecule has 4 saturated carbocycles. The smallest absolute Gasteiger partial charge is 0.426 e. The zero-order chi connectivity index (χ0) is 95.0. The summed E-state index contributed by atoms with van der Waals surface area (Å²) in [6.07, 6.45) is 3.96. The third-order valence-corrected chi connectivity index (χ3v) is 29.2. The first kappa shape index (κ1) is 107. The van der Waals surface area contributed by atoms with E-state index in [0.717, 1.165) is 86.8 Å². The summed E-state index contributed by atoms with van der Waals surface area (Å²) < 4.78 is 118. The van der Waals surface area contributed by atoms with Crippen LogP contribution in [0.4, 0.5) is 17.6 Å². The number of aromatic hydroxyl groups is 2. The number of carbonyl (C=O) groups excluding carboxylic acids is 5. The lowest BCUT2D eigenvalue weighted by molar-refractivity contribution is -0.220. The van der Waals surface area contributed by atoms with Crippen molar-refractivity contribution in [2.45, 2.75) is 322 Å². The van der Waals surface area contributed by atoms with E-state index in [1.165, 1.54) is 44.2 Å². The molecule has 0 aromatic heterocycles. The first-order valence-electron chi connectivity index (χ1n) is 45.3. The number of aliphatic hydroxyl groups is 1. The summed E-state index contributed by atoms with van der Waals surface area (Å²) in [4.78, 5) is 64.3. The van der Waals surface area contributed by atoms with Crippen molar-refractivity contribution in [2.24, 2.45) is 45.8 Å². The second-order valence-corrected chi connectivity index (χ2v) is 40.9. The largest absolute Gasteiger partial charge is 0.748 e. The molecule has 4 aliphatic carbocycles. The van der Waals surface area contributed by atoms with E-state index in [9.17, 15) is 59.6 Å². The molecule has 1 saturated heterocycles. The Morgan fingerprint density at radius 2 is 1.07 bits per heavy atom. The number of ketones is 1. The molecular formula is C104H142F4O17S2. The molecule has 700 valence electrons. The molecule has 17 nitrogen and oxygen atoms in total. The fourth-order valence-electron chi connectivity index (χ4n) is 15.3. The van der Waals surface area contributed by atoms with Gasteiger partial charge in [-0.3, -0.25) is 24.0 Å². The van der Waals surface area contributed by atoms with Gasteiger partial charge >= 0.3 is 30.1 Å². The van der Waals surface area contributed by atoms with Gasteiger partial charge in [-0.25, -0.2) is 12.8 Å². The van der Waals surface area contributed by atoms with Gasteiger partial charge in [-0.05, 0) is 289 Å². The van der Waals surface area contributed by atoms with E-state index >= 15 is 0 Å². The number of phenolic OH excluding ortho intramolecular Hbond substituents is 2. The molecule has 2 heterocycles. The van der Waals surface area contributed by atoms with Crippen LogP contribution >= 0.6 is 0 Å². The summed E-state index contributed by atoms with van der Waals surface area (Å²) in [5.74, 6) is -2.83. The number of ether oxygens (including phenoxy) is 6. The number of Topliss-reactive ketones (excluding diaryl/α,β-unsaturated/α-hetero) is 1. The Kier molecular flexibility index (Phi) is 39.7. The number of esters is 4. The molecule has 7 aromatic rings. The lowest BCUT2D eigenvalue weighted by atomic mass is 9.77. The summed E-state index contributed by atoms with van der Waals surface area (Å²) in [7, 11) is -5.42. The van der Waals surface area contributed by atoms with Crippen LogP contribution in [0, 0.1) is 51.7 Å². The second-order valence-electron chi connectivity index (χ2n) is 37.5. The Morgan fingerprint density at radius 1 is 0.583 bits per heavy atom. The summed E-state index contributed by atoms with van der Waals surface area (Å²) >= 11 is 0. The molecular weight excluding hydrogens is 1660 g/mol. The van der Waals surface area contributed by atoms with Gasteiger partial charge in [0, 0.05) is 24.2 Å². The van der Waals surface area contributed by atoms with E-state index in [1.54, 1.807) is 51.1 Å². The Hall–Kier alpha value is -8.77. The molecule has 13 rings (SSSR count). The quantitative estimate of drug-likeness (QED) is 0.0167. The minimum absolute atomic E-state index is 0.0231. The number of carbonyl (C=O) groups is 5. The van der Waals surface area contributed by atoms with E-state index in [0.29, 0.717) is 60.4 Å². The van der Waals surface area contributed by atoms with Crippen molar-refractivity contribution in [3.05, 3.63) is 203 Å². The van der Waals surface area contributed by atoms with Crippen molar-refractivity contribution in [1.82, 2.24) is 0 Å². The highest BCUT2D eigenvalue weighted by Crippen LogP contribution is 2.63. The average molecular weight is 1800 g/mol. The molecule has 2 bridgehead atoms. The van der Waals surface area contributed by atoms with Gasteiger partial charge in [0.05, 0.1) is 50.2 Å². The Morgan fingerprint density at radius 3 is 1.52 bits per heavy atom. The predicted octanol–water partition coefficient (Wildman–Crippen LogP) is 25.5. The van der Waals surface area contributed by atoms with Crippen LogP contribution in [0.25, 0.3) is 0 Å². The van der Waals surface area contributed by atoms with E-state index < -0.39 is 75.0 Å². The standard InChI is InChI=1S/C19H25F3O8S.C18H13OS.C15H23FO.C13H20O.C12H22O2.2C10H14O.C7H12O2/c1-4-18(2,3)17(25)30-15-9-6-11(23)13-8(9)5-10(15)14(13)16(24)29-12(19(20,21)22)7-31(26,27)28;1-2-8-14(9-3-1)20-17-12-6-4-10-15(17)19-16-11-5-7-13-18(16)20;1-6-11(3)12-8-9-14(13(16)10-12)17-15(4,5)7-2;1-5-10(2)11-6-8-12(9-7-11)13(3,4)14;1-5-11(2,3)10(13)14-12(4)8-6-7-9-12;1-3-8(2)9-4-6-10(11)7-5-9;1-3-8(2)9-5-4-6-10(11)7-9;1-3-7(2)4-5-9-6(7)8/h8-10,12-15H,4-7H2,1-3H3,(H,26,27,28);1-13H;8-11H,6-7H2,1-5H3;6-10,14H,5H2,1-4H3;5-9H2,1-4H3;2*4-8,11H,3H2,1-2H3;3-5H2,1-2H3/q;+1;;;;;;/p-1. The maximum atomic E-state index is 13.9. The second kappa shape index (κ2) is 47.2. The molecule has 127 heavy (non-hydrogen) atoms. The number of phenols is 2. The maximum Gasteiger partial charge on any atom is 0.426 e. The van der Waals surface area contributed by atoms with Crippen molar-refractivity contribution in [1.29, 1.82) is 0 Å². The number of benzene rings is 7. The molecule has 7 aromatic carbocycles. The Balaban J connectivity index is 0.000000231. The Labute approximate surface area is 757 Å². The third kappa shape index (κ3) is 30.7. The number of cyclic esters (lactones) is 1. The van der Waals surface area contributed by atoms with Gasteiger partial charge in [0.25, 0.3) is 0 Å². The fourth-order valence-corrected chi connectivity index (χ4v) is 18.2. The molecule has 2 aliphatic heterocycles. The van der Waals surface area contributed by atoms with Gasteiger partial charge in [-0.1, -0.05) is 180 Å². The number of hydrogen-bond acceptors (Lipinski definition) is 17. The van der Waals surface area contributed by atoms with Crippen molar-refractivity contribution in [2.75, 3.05) is 12.4 Å². The zero-order valence-electron chi connectivity index (χ0n) is 78.9. The minimum atomic E-state index is -5.34. The third-order valence-electron chi connectivity index (χ3n) is 26.2. The molecule has 12 atom stereocenters. The van der Waals surface area contributed by atoms with Crippen LogP contribution in [0.1, 0.15) is 300 Å². The molecule has 0 amide bonds. The Bertz CT molecular complexity index is 4720. The van der Waals surface area contributed by atoms with Crippen molar-refractivity contribution in [3.8, 4) is 28.7 Å². The normalized spacial score (nSPS) is 20.6. The van der Waals surface area contributed by atoms with Crippen LogP contribution in [0.3, 0.4) is 0 Å². The molecule has 5 fully saturated rings. The number of hydrogen-bond donors (Lipinski definition) is 3. The lowest BCUT2D eigenvalue weighted by Crippen LogP contribution is -2.46. The van der Waals surface area contributed by atoms with Gasteiger partial charge in [0.2, 0.25) is 15.9 Å². The highest BCUT2D eigenvalue weighted by Gasteiger charge is 2.68. The van der Waals surface area contributed by atoms with Crippen molar-refractivity contribution < 1.29 is 98.2 Å². The van der Waals surface area contributed by atoms with Crippen LogP contribution in [-0.2, 0) is 69.5 Å². The zero-order valence-corrected chi connectivity index (χ0v) is 80.6. The number of alkyl halides is 3. The number of fused-ring (bicyclic) bond motifs is 3. The lowest BCUT2D eigenvalue weighted by Gasteiger charge is -2.35. The summed E-state index contributed by atoms with van der Waals surface area (Å²) in [6, 6.07) is 55.7. The van der Waals surface area contributed by atoms with Crippen LogP contribution < -0.4 is 9.47 Å². The van der Waals surface area contributed by atoms with Gasteiger partial charge in [-0.2, -0.15) is 13.2 Å². The fraction of sp³-hybridized carbons (Fsp3) is 0.548. The van der Waals surface area contributed by atoms with Gasteiger partial charge in [0.1, 0.15) is 45.5 Å². The average Bonchev–Trinajstić information content (AvgIpc) is 1.54. The highest BCUT2D eigenvalue weighted by molar-refractivity contribution is 7.97. The monoisotopic (exact) mass is 1800 g/mol. The van der Waals surface area contributed by atoms with E-state index in [4.69, 9.17) is 33.9 Å². The maximum absolute atomic E-state index is 13.9. The van der Waals surface area contributed by atoms with Crippen molar-refractivity contribution in [3.63, 3.8) is 0 Å². The van der Waals surface area contributed by atoms with Crippen LogP contribution in [-0.4, -0.2) is 99.9 Å². The van der Waals surface area contributed by atoms with Crippen LogP contribution in [0.5, 0.6) is 28.7 Å². The number of halogens is 4. The summed E-state index contributed by atoms with van der Waals surface area (Å²) in [6.45, 7) is 44.6. The predicted molar refractivity (Wildman–Crippen MR) is 493 cm³/mol. The molecule has 6 aliphatic rings. The topological polar surface area (TPSA) is 259 Å². The summed E-state index contributed by atoms with van der Waals surface area (Å²) in [5.41, 5.74) is 3.33. The number of para-hydroxylation sites is 2. The first-order valence-corrected chi connectivity index (χ1v) is 48.1. The molecule has 12 unspecified atom stereocenters. The molecule has 0 radical (unpaired) electrons. The van der Waals surface area contributed by atoms with Crippen LogP contribution in [0.15, 0.2) is 185 Å². The van der Waals surface area contributed by atoms with Gasteiger partial charge in [-0.15, -0.1) is 0 Å². The SMILES string of the molecule is CCC(C)(C)C(=O)OC1(C)CCCC1.CCC(C)(C)C(=O)OC1C2CC(=O)C3C2CC1C3C(=O)OC(CS(=O)(=O)[O-])C(F)(F)F.CCC(C)c1ccc(C(C)(C)O)cc1.CCC(C)c1ccc(O)cc1.CCC(C)c1ccc(OC(C)(C)CC)c(F)c1.CCC(C)c1cccc(O)c1.CCC1(C)CCOC1=O.c1ccc([S+]2c3ccccc3Oc3ccccc32)cc1. The van der Waals surface area contributed by atoms with E-state index in [2.05, 4.69) is 134 Å². The molecule has 23 heteroatoms. The molecule has 3 N–H and O–H groups in total. The van der Waals surface area contributed by atoms with E-state index in [-0.39, 0.29) is 74.7 Å². The minimum Gasteiger partial charge on any atom is -0.748 e. The van der Waals surface area contributed by atoms with Crippen molar-refractivity contribution >= 4 is 50.7 Å². The summed E-state index contributed by atoms with van der Waals surface area (Å²) in [5, 5.41) is 27.9. The van der Waals surface area contributed by atoms with E-state index in [1.807, 2.05) is 142 Å². The molecule has 0 spiro atoms. The van der Waals surface area contributed by atoms with Gasteiger partial charge in [0.15, 0.2) is 28.0 Å². The van der Waals surface area contributed by atoms with Gasteiger partial charge < -0.3 is 48.3 Å².